The summed E-state index contributed by atoms with van der Waals surface area (Å²) in [6.45, 7) is 0.779. The van der Waals surface area contributed by atoms with Crippen LogP contribution in [0.5, 0.6) is 0 Å². The minimum absolute atomic E-state index is 0.225. The molecular weight excluding hydrogens is 343 g/mol. The van der Waals surface area contributed by atoms with Crippen molar-refractivity contribution in [1.82, 2.24) is 15.0 Å². The smallest absolute Gasteiger partial charge is 0.366 e. The Labute approximate surface area is 148 Å². The van der Waals surface area contributed by atoms with Gasteiger partial charge in [0, 0.05) is 31.5 Å². The monoisotopic (exact) mass is 359 g/mol. The average Bonchev–Trinajstić information content (AvgIpc) is 2.65. The molecule has 2 aromatic heterocycles. The molecule has 0 atom stereocenters. The van der Waals surface area contributed by atoms with E-state index in [1.54, 1.807) is 24.5 Å². The number of hydrogen-bond donors (Lipinski definition) is 2. The molecule has 0 aliphatic carbocycles. The van der Waals surface area contributed by atoms with Crippen molar-refractivity contribution in [2.75, 3.05) is 10.6 Å². The summed E-state index contributed by atoms with van der Waals surface area (Å²) >= 11 is 0. The molecular formula is C18H16F3N5. The summed E-state index contributed by atoms with van der Waals surface area (Å²) in [4.78, 5) is 12.2. The number of benzene rings is 1. The van der Waals surface area contributed by atoms with Gasteiger partial charge in [0.2, 0.25) is 0 Å². The van der Waals surface area contributed by atoms with Gasteiger partial charge in [-0.15, -0.1) is 0 Å². The molecule has 0 fully saturated rings. The van der Waals surface area contributed by atoms with E-state index in [4.69, 9.17) is 0 Å². The number of anilines is 2. The number of nitrogens with zero attached hydrogens (tertiary/aromatic N) is 3. The zero-order valence-corrected chi connectivity index (χ0v) is 13.7. The van der Waals surface area contributed by atoms with Crippen LogP contribution in [0.15, 0.2) is 61.2 Å². The molecule has 0 bridgehead atoms. The van der Waals surface area contributed by atoms with Crippen LogP contribution < -0.4 is 10.6 Å². The molecule has 2 N–H and O–H groups in total. The number of rotatable bonds is 6. The quantitative estimate of drug-likeness (QED) is 0.693. The van der Waals surface area contributed by atoms with E-state index in [0.717, 1.165) is 17.7 Å². The van der Waals surface area contributed by atoms with Crippen molar-refractivity contribution in [3.8, 4) is 0 Å². The molecule has 0 saturated heterocycles. The SMILES string of the molecule is FC(F)(F)c1cccc(CNc2cc(NCc3cccnc3)ncn2)c1. The summed E-state index contributed by atoms with van der Waals surface area (Å²) in [5.41, 5.74) is 0.853. The second kappa shape index (κ2) is 7.81. The molecule has 26 heavy (non-hydrogen) atoms. The lowest BCUT2D eigenvalue weighted by molar-refractivity contribution is -0.137. The fraction of sp³-hybridized carbons (Fsp3) is 0.167. The summed E-state index contributed by atoms with van der Waals surface area (Å²) < 4.78 is 38.3. The van der Waals surface area contributed by atoms with Gasteiger partial charge in [-0.1, -0.05) is 18.2 Å². The van der Waals surface area contributed by atoms with E-state index >= 15 is 0 Å². The van der Waals surface area contributed by atoms with Crippen molar-refractivity contribution in [2.24, 2.45) is 0 Å². The van der Waals surface area contributed by atoms with E-state index < -0.39 is 11.7 Å². The van der Waals surface area contributed by atoms with Crippen molar-refractivity contribution in [1.29, 1.82) is 0 Å². The number of alkyl halides is 3. The van der Waals surface area contributed by atoms with Crippen LogP contribution in [0.3, 0.4) is 0 Å². The van der Waals surface area contributed by atoms with E-state index in [2.05, 4.69) is 25.6 Å². The van der Waals surface area contributed by atoms with E-state index in [1.165, 1.54) is 12.4 Å². The van der Waals surface area contributed by atoms with Crippen molar-refractivity contribution >= 4 is 11.6 Å². The van der Waals surface area contributed by atoms with Crippen molar-refractivity contribution < 1.29 is 13.2 Å². The van der Waals surface area contributed by atoms with Crippen LogP contribution in [0.2, 0.25) is 0 Å². The van der Waals surface area contributed by atoms with E-state index in [-0.39, 0.29) is 6.54 Å². The first kappa shape index (κ1) is 17.7. The maximum absolute atomic E-state index is 12.8. The predicted molar refractivity (Wildman–Crippen MR) is 92.4 cm³/mol. The third-order valence-corrected chi connectivity index (χ3v) is 3.59. The molecule has 0 aliphatic rings. The Morgan fingerprint density at radius 1 is 0.846 bits per heavy atom. The van der Waals surface area contributed by atoms with Gasteiger partial charge in [-0.2, -0.15) is 13.2 Å². The minimum atomic E-state index is -4.35. The van der Waals surface area contributed by atoms with Gasteiger partial charge < -0.3 is 10.6 Å². The molecule has 8 heteroatoms. The van der Waals surface area contributed by atoms with E-state index in [1.807, 2.05) is 12.1 Å². The summed E-state index contributed by atoms with van der Waals surface area (Å²) in [6.07, 6.45) is 0.485. The minimum Gasteiger partial charge on any atom is -0.366 e. The summed E-state index contributed by atoms with van der Waals surface area (Å²) in [6, 6.07) is 10.7. The van der Waals surface area contributed by atoms with Gasteiger partial charge in [-0.05, 0) is 29.3 Å². The molecule has 1 aromatic carbocycles. The number of pyridine rings is 1. The second-order valence-electron chi connectivity index (χ2n) is 5.56. The fourth-order valence-corrected chi connectivity index (χ4v) is 2.30. The molecule has 0 unspecified atom stereocenters. The highest BCUT2D eigenvalue weighted by Gasteiger charge is 2.30. The highest BCUT2D eigenvalue weighted by Crippen LogP contribution is 2.29. The van der Waals surface area contributed by atoms with Crippen LogP contribution in [0.25, 0.3) is 0 Å². The van der Waals surface area contributed by atoms with Crippen LogP contribution in [0.1, 0.15) is 16.7 Å². The van der Waals surface area contributed by atoms with Gasteiger partial charge in [-0.25, -0.2) is 9.97 Å². The second-order valence-corrected chi connectivity index (χ2v) is 5.56. The maximum atomic E-state index is 12.8. The van der Waals surface area contributed by atoms with Gasteiger partial charge in [0.1, 0.15) is 18.0 Å². The largest absolute Gasteiger partial charge is 0.416 e. The molecule has 2 heterocycles. The summed E-state index contributed by atoms with van der Waals surface area (Å²) in [5, 5.41) is 6.16. The van der Waals surface area contributed by atoms with Gasteiger partial charge in [0.25, 0.3) is 0 Å². The molecule has 3 aromatic rings. The normalized spacial score (nSPS) is 11.2. The zero-order chi connectivity index (χ0) is 18.4. The van der Waals surface area contributed by atoms with Crippen LogP contribution in [0.4, 0.5) is 24.8 Å². The lowest BCUT2D eigenvalue weighted by Crippen LogP contribution is -2.08. The van der Waals surface area contributed by atoms with E-state index in [9.17, 15) is 13.2 Å². The molecule has 0 aliphatic heterocycles. The van der Waals surface area contributed by atoms with Crippen molar-refractivity contribution in [3.63, 3.8) is 0 Å². The van der Waals surface area contributed by atoms with Crippen LogP contribution in [-0.4, -0.2) is 15.0 Å². The Bertz CT molecular complexity index is 853. The lowest BCUT2D eigenvalue weighted by atomic mass is 10.1. The number of halogens is 3. The predicted octanol–water partition coefficient (Wildman–Crippen LogP) is 4.11. The number of aromatic nitrogens is 3. The Balaban J connectivity index is 1.60. The molecule has 3 rings (SSSR count). The van der Waals surface area contributed by atoms with E-state index in [0.29, 0.717) is 23.7 Å². The Morgan fingerprint density at radius 2 is 1.54 bits per heavy atom. The van der Waals surface area contributed by atoms with Gasteiger partial charge >= 0.3 is 6.18 Å². The van der Waals surface area contributed by atoms with Crippen molar-refractivity contribution in [2.45, 2.75) is 19.3 Å². The standard InChI is InChI=1S/C18H16F3N5/c19-18(20,21)15-5-1-3-13(7-15)10-23-16-8-17(26-12-25-16)24-11-14-4-2-6-22-9-14/h1-9,12H,10-11H2,(H2,23,24,25,26). The molecule has 0 spiro atoms. The Kier molecular flexibility index (Phi) is 5.31. The molecule has 5 nitrogen and oxygen atoms in total. The van der Waals surface area contributed by atoms with Crippen LogP contribution >= 0.6 is 0 Å². The van der Waals surface area contributed by atoms with Crippen LogP contribution in [-0.2, 0) is 19.3 Å². The molecule has 0 saturated carbocycles. The van der Waals surface area contributed by atoms with Gasteiger partial charge in [0.15, 0.2) is 0 Å². The highest BCUT2D eigenvalue weighted by atomic mass is 19.4. The third kappa shape index (κ3) is 4.92. The number of nitrogens with one attached hydrogen (secondary N) is 2. The highest BCUT2D eigenvalue weighted by molar-refractivity contribution is 5.47. The first-order valence-corrected chi connectivity index (χ1v) is 7.85. The molecule has 134 valence electrons. The topological polar surface area (TPSA) is 62.7 Å². The maximum Gasteiger partial charge on any atom is 0.416 e. The van der Waals surface area contributed by atoms with Crippen LogP contribution in [0, 0.1) is 0 Å². The third-order valence-electron chi connectivity index (χ3n) is 3.59. The first-order valence-electron chi connectivity index (χ1n) is 7.85. The lowest BCUT2D eigenvalue weighted by Gasteiger charge is -2.11. The zero-order valence-electron chi connectivity index (χ0n) is 13.7. The number of hydrogen-bond acceptors (Lipinski definition) is 5. The average molecular weight is 359 g/mol. The first-order chi connectivity index (χ1) is 12.5. The Morgan fingerprint density at radius 3 is 2.19 bits per heavy atom. The van der Waals surface area contributed by atoms with Crippen molar-refractivity contribution in [3.05, 3.63) is 77.9 Å². The fourth-order valence-electron chi connectivity index (χ4n) is 2.30. The molecule has 0 radical (unpaired) electrons. The Hall–Kier alpha value is -3.16. The molecule has 0 amide bonds. The summed E-state index contributed by atoms with van der Waals surface area (Å²) in [5.74, 6) is 1.13. The summed E-state index contributed by atoms with van der Waals surface area (Å²) in [7, 11) is 0. The van der Waals surface area contributed by atoms with Gasteiger partial charge in [0.05, 0.1) is 5.56 Å². The van der Waals surface area contributed by atoms with Gasteiger partial charge in [-0.3, -0.25) is 4.98 Å².